The lowest BCUT2D eigenvalue weighted by Gasteiger charge is -2.47. The molecular formula is C18H21N5O2S. The third-order valence-electron chi connectivity index (χ3n) is 5.19. The van der Waals surface area contributed by atoms with Crippen molar-refractivity contribution in [2.45, 2.75) is 25.0 Å². The molecule has 136 valence electrons. The predicted molar refractivity (Wildman–Crippen MR) is 96.7 cm³/mol. The summed E-state index contributed by atoms with van der Waals surface area (Å²) in [7, 11) is 0. The van der Waals surface area contributed by atoms with Gasteiger partial charge in [-0.2, -0.15) is 5.26 Å². The minimum atomic E-state index is -0.252. The molecule has 0 unspecified atom stereocenters. The SMILES string of the molecule is N#Cc1c[nH]c(C(=O)N2CCOC3(CCN(Cc4nccs4)CC3)C2)c1. The Balaban J connectivity index is 1.37. The van der Waals surface area contributed by atoms with Gasteiger partial charge in [-0.25, -0.2) is 4.98 Å². The first-order valence-corrected chi connectivity index (χ1v) is 9.68. The minimum absolute atomic E-state index is 0.0561. The van der Waals surface area contributed by atoms with Gasteiger partial charge in [-0.3, -0.25) is 9.69 Å². The summed E-state index contributed by atoms with van der Waals surface area (Å²) in [6.45, 7) is 4.54. The number of thiazole rings is 1. The fourth-order valence-electron chi connectivity index (χ4n) is 3.71. The lowest BCUT2D eigenvalue weighted by Crippen LogP contribution is -2.57. The molecule has 4 heterocycles. The van der Waals surface area contributed by atoms with Crippen LogP contribution in [0.15, 0.2) is 23.8 Å². The lowest BCUT2D eigenvalue weighted by molar-refractivity contribution is -0.128. The number of nitriles is 1. The van der Waals surface area contributed by atoms with Crippen molar-refractivity contribution in [1.82, 2.24) is 19.8 Å². The normalized spacial score (nSPS) is 20.2. The van der Waals surface area contributed by atoms with E-state index >= 15 is 0 Å². The van der Waals surface area contributed by atoms with Gasteiger partial charge in [-0.15, -0.1) is 11.3 Å². The molecule has 0 saturated carbocycles. The second-order valence-corrected chi connectivity index (χ2v) is 7.85. The molecule has 2 saturated heterocycles. The first-order chi connectivity index (χ1) is 12.7. The number of morpholine rings is 1. The summed E-state index contributed by atoms with van der Waals surface area (Å²) in [4.78, 5) is 24.3. The monoisotopic (exact) mass is 371 g/mol. The fraction of sp³-hybridized carbons (Fsp3) is 0.500. The Morgan fingerprint density at radius 1 is 1.42 bits per heavy atom. The zero-order chi connectivity index (χ0) is 18.0. The standard InChI is InChI=1S/C18H21N5O2S/c19-10-14-9-15(21-11-14)17(24)23-6-7-25-18(13-23)1-4-22(5-2-18)12-16-20-3-8-26-16/h3,8-9,11,21H,1-2,4-7,12-13H2. The van der Waals surface area contributed by atoms with Crippen molar-refractivity contribution in [3.63, 3.8) is 0 Å². The van der Waals surface area contributed by atoms with E-state index in [4.69, 9.17) is 10.00 Å². The number of carbonyl (C=O) groups excluding carboxylic acids is 1. The molecule has 2 aliphatic heterocycles. The summed E-state index contributed by atoms with van der Waals surface area (Å²) in [6.07, 6.45) is 5.24. The smallest absolute Gasteiger partial charge is 0.270 e. The average molecular weight is 371 g/mol. The van der Waals surface area contributed by atoms with Crippen LogP contribution in [0.1, 0.15) is 33.9 Å². The number of aromatic amines is 1. The number of hydrogen-bond acceptors (Lipinski definition) is 6. The van der Waals surface area contributed by atoms with Crippen LogP contribution in [0.25, 0.3) is 0 Å². The van der Waals surface area contributed by atoms with E-state index in [-0.39, 0.29) is 11.5 Å². The number of H-pyrrole nitrogens is 1. The number of piperidine rings is 1. The van der Waals surface area contributed by atoms with Crippen LogP contribution in [0.3, 0.4) is 0 Å². The Labute approximate surface area is 156 Å². The van der Waals surface area contributed by atoms with Crippen molar-refractivity contribution in [3.05, 3.63) is 40.1 Å². The predicted octanol–water partition coefficient (Wildman–Crippen LogP) is 1.85. The number of amides is 1. The summed E-state index contributed by atoms with van der Waals surface area (Å²) in [5, 5.41) is 12.1. The molecule has 2 aromatic heterocycles. The van der Waals surface area contributed by atoms with Crippen LogP contribution in [0.5, 0.6) is 0 Å². The van der Waals surface area contributed by atoms with Gasteiger partial charge in [0.15, 0.2) is 0 Å². The number of aromatic nitrogens is 2. The number of likely N-dealkylation sites (tertiary alicyclic amines) is 1. The van der Waals surface area contributed by atoms with Crippen molar-refractivity contribution in [1.29, 1.82) is 5.26 Å². The maximum atomic E-state index is 12.7. The van der Waals surface area contributed by atoms with Crippen LogP contribution in [-0.2, 0) is 11.3 Å². The van der Waals surface area contributed by atoms with E-state index in [0.717, 1.165) is 37.5 Å². The third kappa shape index (κ3) is 3.51. The Bertz CT molecular complexity index is 802. The van der Waals surface area contributed by atoms with E-state index in [9.17, 15) is 4.79 Å². The summed E-state index contributed by atoms with van der Waals surface area (Å²) in [5.74, 6) is -0.0561. The topological polar surface area (TPSA) is 85.2 Å². The van der Waals surface area contributed by atoms with Crippen molar-refractivity contribution in [2.75, 3.05) is 32.8 Å². The van der Waals surface area contributed by atoms with E-state index in [1.807, 2.05) is 22.5 Å². The Morgan fingerprint density at radius 3 is 2.96 bits per heavy atom. The number of nitrogens with one attached hydrogen (secondary N) is 1. The second kappa shape index (κ2) is 7.19. The summed E-state index contributed by atoms with van der Waals surface area (Å²) in [6, 6.07) is 3.66. The van der Waals surface area contributed by atoms with Gasteiger partial charge in [0.25, 0.3) is 5.91 Å². The van der Waals surface area contributed by atoms with E-state index in [0.29, 0.717) is 31.0 Å². The van der Waals surface area contributed by atoms with Crippen molar-refractivity contribution < 1.29 is 9.53 Å². The van der Waals surface area contributed by atoms with Gasteiger partial charge in [0, 0.05) is 37.4 Å². The quantitative estimate of drug-likeness (QED) is 0.890. The van der Waals surface area contributed by atoms with Gasteiger partial charge < -0.3 is 14.6 Å². The van der Waals surface area contributed by atoms with Crippen molar-refractivity contribution >= 4 is 17.2 Å². The first-order valence-electron chi connectivity index (χ1n) is 8.80. The number of hydrogen-bond donors (Lipinski definition) is 1. The molecular weight excluding hydrogens is 350 g/mol. The molecule has 8 heteroatoms. The zero-order valence-electron chi connectivity index (χ0n) is 14.5. The molecule has 1 spiro atoms. The summed E-state index contributed by atoms with van der Waals surface area (Å²) < 4.78 is 6.14. The highest BCUT2D eigenvalue weighted by Crippen LogP contribution is 2.31. The highest BCUT2D eigenvalue weighted by Gasteiger charge is 2.41. The molecule has 4 rings (SSSR count). The van der Waals surface area contributed by atoms with Crippen molar-refractivity contribution in [2.24, 2.45) is 0 Å². The van der Waals surface area contributed by atoms with Gasteiger partial charge in [0.05, 0.1) is 30.9 Å². The average Bonchev–Trinajstić information content (AvgIpc) is 3.35. The summed E-state index contributed by atoms with van der Waals surface area (Å²) in [5.41, 5.74) is 0.699. The molecule has 0 bridgehead atoms. The third-order valence-corrected chi connectivity index (χ3v) is 5.95. The van der Waals surface area contributed by atoms with E-state index in [2.05, 4.69) is 14.9 Å². The number of rotatable bonds is 3. The lowest BCUT2D eigenvalue weighted by atomic mass is 9.89. The molecule has 0 radical (unpaired) electrons. The molecule has 2 aromatic rings. The molecule has 0 aromatic carbocycles. The van der Waals surface area contributed by atoms with Crippen LogP contribution in [0.4, 0.5) is 0 Å². The van der Waals surface area contributed by atoms with Gasteiger partial charge >= 0.3 is 0 Å². The van der Waals surface area contributed by atoms with Gasteiger partial charge in [0.1, 0.15) is 16.8 Å². The Hall–Kier alpha value is -2.21. The Morgan fingerprint density at radius 2 is 2.27 bits per heavy atom. The maximum Gasteiger partial charge on any atom is 0.270 e. The molecule has 1 N–H and O–H groups in total. The fourth-order valence-corrected chi connectivity index (χ4v) is 4.37. The van der Waals surface area contributed by atoms with E-state index < -0.39 is 0 Å². The minimum Gasteiger partial charge on any atom is -0.371 e. The first kappa shape index (κ1) is 17.2. The maximum absolute atomic E-state index is 12.7. The molecule has 7 nitrogen and oxygen atoms in total. The summed E-state index contributed by atoms with van der Waals surface area (Å²) >= 11 is 1.69. The van der Waals surface area contributed by atoms with Gasteiger partial charge in [-0.1, -0.05) is 0 Å². The van der Waals surface area contributed by atoms with Crippen molar-refractivity contribution in [3.8, 4) is 6.07 Å². The van der Waals surface area contributed by atoms with E-state index in [1.165, 1.54) is 0 Å². The van der Waals surface area contributed by atoms with Crippen LogP contribution < -0.4 is 0 Å². The van der Waals surface area contributed by atoms with Gasteiger partial charge in [0.2, 0.25) is 0 Å². The zero-order valence-corrected chi connectivity index (χ0v) is 15.3. The van der Waals surface area contributed by atoms with Crippen LogP contribution in [0, 0.1) is 11.3 Å². The number of nitrogens with zero attached hydrogens (tertiary/aromatic N) is 4. The Kier molecular flexibility index (Phi) is 4.76. The largest absolute Gasteiger partial charge is 0.371 e. The molecule has 2 fully saturated rings. The molecule has 0 atom stereocenters. The molecule has 26 heavy (non-hydrogen) atoms. The highest BCUT2D eigenvalue weighted by molar-refractivity contribution is 7.09. The van der Waals surface area contributed by atoms with Crippen LogP contribution in [-0.4, -0.2) is 64.1 Å². The highest BCUT2D eigenvalue weighted by atomic mass is 32.1. The van der Waals surface area contributed by atoms with Crippen LogP contribution in [0.2, 0.25) is 0 Å². The number of carbonyl (C=O) groups is 1. The van der Waals surface area contributed by atoms with E-state index in [1.54, 1.807) is 23.6 Å². The van der Waals surface area contributed by atoms with Crippen LogP contribution >= 0.6 is 11.3 Å². The molecule has 1 amide bonds. The molecule has 2 aliphatic rings. The van der Waals surface area contributed by atoms with Gasteiger partial charge in [-0.05, 0) is 18.9 Å². The number of ether oxygens (including phenoxy) is 1. The molecule has 0 aliphatic carbocycles. The second-order valence-electron chi connectivity index (χ2n) is 6.87.